The highest BCUT2D eigenvalue weighted by Gasteiger charge is 2.28. The van der Waals surface area contributed by atoms with Crippen molar-refractivity contribution >= 4 is 28.5 Å². The van der Waals surface area contributed by atoms with Gasteiger partial charge in [0.15, 0.2) is 5.65 Å². The van der Waals surface area contributed by atoms with Crippen molar-refractivity contribution in [1.82, 2.24) is 20.2 Å². The molecule has 0 spiro atoms. The molecule has 1 aliphatic heterocycles. The van der Waals surface area contributed by atoms with Gasteiger partial charge in [-0.15, -0.1) is 0 Å². The minimum atomic E-state index is 0.212. The number of H-pyrrole nitrogens is 1. The lowest BCUT2D eigenvalue weighted by Crippen LogP contribution is -2.44. The van der Waals surface area contributed by atoms with Crippen molar-refractivity contribution in [3.63, 3.8) is 0 Å². The van der Waals surface area contributed by atoms with Crippen LogP contribution in [0.2, 0.25) is 5.28 Å². The molecule has 2 aromatic rings. The van der Waals surface area contributed by atoms with E-state index in [1.165, 1.54) is 0 Å². The molecule has 0 bridgehead atoms. The standard InChI is InChI=1S/C12H16ClN5O/c1-7-3-4-18(6-9(7)19-2)11-8-5-14-17-10(8)15-12(13)16-11/h5,7,9H,3-4,6H2,1-2H3,(H,14,15,16,17). The Labute approximate surface area is 116 Å². The van der Waals surface area contributed by atoms with Gasteiger partial charge in [-0.05, 0) is 23.9 Å². The summed E-state index contributed by atoms with van der Waals surface area (Å²) in [6, 6.07) is 0. The lowest BCUT2D eigenvalue weighted by Gasteiger charge is -2.37. The number of hydrogen-bond acceptors (Lipinski definition) is 5. The zero-order valence-corrected chi connectivity index (χ0v) is 11.7. The number of rotatable bonds is 2. The number of aromatic nitrogens is 4. The van der Waals surface area contributed by atoms with Crippen LogP contribution < -0.4 is 4.90 Å². The predicted octanol–water partition coefficient (Wildman–Crippen LogP) is 1.87. The van der Waals surface area contributed by atoms with E-state index < -0.39 is 0 Å². The van der Waals surface area contributed by atoms with Crippen molar-refractivity contribution in [2.24, 2.45) is 5.92 Å². The summed E-state index contributed by atoms with van der Waals surface area (Å²) < 4.78 is 5.54. The zero-order chi connectivity index (χ0) is 13.4. The van der Waals surface area contributed by atoms with Gasteiger partial charge in [0.25, 0.3) is 0 Å². The fourth-order valence-electron chi connectivity index (χ4n) is 2.57. The molecule has 3 rings (SSSR count). The van der Waals surface area contributed by atoms with E-state index in [-0.39, 0.29) is 11.4 Å². The maximum Gasteiger partial charge on any atom is 0.226 e. The fourth-order valence-corrected chi connectivity index (χ4v) is 2.73. The summed E-state index contributed by atoms with van der Waals surface area (Å²) in [5.74, 6) is 1.39. The monoisotopic (exact) mass is 281 g/mol. The minimum Gasteiger partial charge on any atom is -0.379 e. The molecule has 7 heteroatoms. The molecule has 2 unspecified atom stereocenters. The van der Waals surface area contributed by atoms with E-state index in [1.807, 2.05) is 0 Å². The van der Waals surface area contributed by atoms with Gasteiger partial charge in [-0.2, -0.15) is 15.1 Å². The Morgan fingerprint density at radius 1 is 1.47 bits per heavy atom. The number of hydrogen-bond donors (Lipinski definition) is 1. The van der Waals surface area contributed by atoms with Crippen molar-refractivity contribution in [2.75, 3.05) is 25.1 Å². The normalized spacial score (nSPS) is 24.1. The molecule has 1 fully saturated rings. The maximum atomic E-state index is 5.97. The van der Waals surface area contributed by atoms with E-state index in [2.05, 4.69) is 32.0 Å². The van der Waals surface area contributed by atoms with Crippen molar-refractivity contribution in [3.8, 4) is 0 Å². The minimum absolute atomic E-state index is 0.212. The molecule has 0 aromatic carbocycles. The lowest BCUT2D eigenvalue weighted by molar-refractivity contribution is 0.0497. The third kappa shape index (κ3) is 2.26. The Hall–Kier alpha value is -1.40. The third-order valence-corrected chi connectivity index (χ3v) is 3.92. The Kier molecular flexibility index (Phi) is 3.28. The quantitative estimate of drug-likeness (QED) is 0.851. The number of halogens is 1. The first-order valence-corrected chi connectivity index (χ1v) is 6.71. The molecule has 1 N–H and O–H groups in total. The van der Waals surface area contributed by atoms with Crippen LogP contribution in [-0.4, -0.2) is 46.5 Å². The summed E-state index contributed by atoms with van der Waals surface area (Å²) >= 11 is 5.97. The molecule has 0 radical (unpaired) electrons. The average Bonchev–Trinajstić information content (AvgIpc) is 2.86. The van der Waals surface area contributed by atoms with Gasteiger partial charge >= 0.3 is 0 Å². The number of ether oxygens (including phenoxy) is 1. The maximum absolute atomic E-state index is 5.97. The first-order valence-electron chi connectivity index (χ1n) is 6.33. The van der Waals surface area contributed by atoms with Gasteiger partial charge in [0.2, 0.25) is 5.28 Å². The summed E-state index contributed by atoms with van der Waals surface area (Å²) in [7, 11) is 1.76. The summed E-state index contributed by atoms with van der Waals surface area (Å²) in [5.41, 5.74) is 0.669. The average molecular weight is 282 g/mol. The zero-order valence-electron chi connectivity index (χ0n) is 10.9. The van der Waals surface area contributed by atoms with E-state index in [9.17, 15) is 0 Å². The Morgan fingerprint density at radius 2 is 2.32 bits per heavy atom. The number of methoxy groups -OCH3 is 1. The van der Waals surface area contributed by atoms with Gasteiger partial charge in [-0.3, -0.25) is 5.10 Å². The first-order chi connectivity index (χ1) is 9.19. The second-order valence-electron chi connectivity index (χ2n) is 4.93. The Balaban J connectivity index is 1.97. The number of fused-ring (bicyclic) bond motifs is 1. The van der Waals surface area contributed by atoms with Crippen LogP contribution in [0.3, 0.4) is 0 Å². The van der Waals surface area contributed by atoms with Gasteiger partial charge in [-0.25, -0.2) is 0 Å². The molecule has 2 aromatic heterocycles. The van der Waals surface area contributed by atoms with E-state index >= 15 is 0 Å². The van der Waals surface area contributed by atoms with Gasteiger partial charge in [0, 0.05) is 20.2 Å². The molecule has 2 atom stereocenters. The predicted molar refractivity (Wildman–Crippen MR) is 73.5 cm³/mol. The van der Waals surface area contributed by atoms with Crippen molar-refractivity contribution < 1.29 is 4.74 Å². The topological polar surface area (TPSA) is 66.9 Å². The molecule has 0 aliphatic carbocycles. The van der Waals surface area contributed by atoms with E-state index in [1.54, 1.807) is 13.3 Å². The van der Waals surface area contributed by atoms with Gasteiger partial charge in [-0.1, -0.05) is 6.92 Å². The number of nitrogens with one attached hydrogen (secondary N) is 1. The van der Waals surface area contributed by atoms with Crippen LogP contribution in [0.1, 0.15) is 13.3 Å². The SMILES string of the molecule is COC1CN(c2nc(Cl)nc3[nH]ncc23)CCC1C. The largest absolute Gasteiger partial charge is 0.379 e. The number of aromatic amines is 1. The van der Waals surface area contributed by atoms with Crippen molar-refractivity contribution in [3.05, 3.63) is 11.5 Å². The molecular weight excluding hydrogens is 266 g/mol. The van der Waals surface area contributed by atoms with Gasteiger partial charge in [0.1, 0.15) is 5.82 Å². The summed E-state index contributed by atoms with van der Waals surface area (Å²) in [4.78, 5) is 10.7. The lowest BCUT2D eigenvalue weighted by atomic mass is 9.96. The summed E-state index contributed by atoms with van der Waals surface area (Å²) in [6.07, 6.45) is 3.02. The van der Waals surface area contributed by atoms with Crippen molar-refractivity contribution in [2.45, 2.75) is 19.4 Å². The Bertz CT molecular complexity index is 587. The smallest absolute Gasteiger partial charge is 0.226 e. The highest BCUT2D eigenvalue weighted by molar-refractivity contribution is 6.28. The Morgan fingerprint density at radius 3 is 3.11 bits per heavy atom. The molecule has 0 amide bonds. The molecule has 1 aliphatic rings. The van der Waals surface area contributed by atoms with Gasteiger partial charge in [0.05, 0.1) is 17.7 Å². The molecular formula is C12H16ClN5O. The molecule has 6 nitrogen and oxygen atoms in total. The van der Waals surface area contributed by atoms with Crippen molar-refractivity contribution in [1.29, 1.82) is 0 Å². The fraction of sp³-hybridized carbons (Fsp3) is 0.583. The van der Waals surface area contributed by atoms with E-state index in [0.717, 1.165) is 30.7 Å². The van der Waals surface area contributed by atoms with Crippen LogP contribution in [-0.2, 0) is 4.74 Å². The number of piperidine rings is 1. The van der Waals surface area contributed by atoms with Crippen LogP contribution in [0.4, 0.5) is 5.82 Å². The molecule has 1 saturated heterocycles. The summed E-state index contributed by atoms with van der Waals surface area (Å²) in [5, 5.41) is 7.97. The second-order valence-corrected chi connectivity index (χ2v) is 5.27. The van der Waals surface area contributed by atoms with Gasteiger partial charge < -0.3 is 9.64 Å². The van der Waals surface area contributed by atoms with Crippen LogP contribution in [0, 0.1) is 5.92 Å². The number of anilines is 1. The first kappa shape index (κ1) is 12.6. The van der Waals surface area contributed by atoms with E-state index in [4.69, 9.17) is 16.3 Å². The van der Waals surface area contributed by atoms with Crippen LogP contribution in [0.25, 0.3) is 11.0 Å². The van der Waals surface area contributed by atoms with Crippen LogP contribution >= 0.6 is 11.6 Å². The molecule has 19 heavy (non-hydrogen) atoms. The van der Waals surface area contributed by atoms with Crippen LogP contribution in [0.5, 0.6) is 0 Å². The molecule has 0 saturated carbocycles. The van der Waals surface area contributed by atoms with Crippen LogP contribution in [0.15, 0.2) is 6.20 Å². The molecule has 3 heterocycles. The van der Waals surface area contributed by atoms with E-state index in [0.29, 0.717) is 11.6 Å². The highest BCUT2D eigenvalue weighted by Crippen LogP contribution is 2.28. The molecule has 102 valence electrons. The second kappa shape index (κ2) is 4.94. The highest BCUT2D eigenvalue weighted by atomic mass is 35.5. The third-order valence-electron chi connectivity index (χ3n) is 3.75. The summed E-state index contributed by atoms with van der Waals surface area (Å²) in [6.45, 7) is 3.96. The number of nitrogens with zero attached hydrogens (tertiary/aromatic N) is 4.